The van der Waals surface area contributed by atoms with Gasteiger partial charge in [-0.1, -0.05) is 0 Å². The van der Waals surface area contributed by atoms with Gasteiger partial charge in [-0.3, -0.25) is 9.69 Å². The third-order valence-electron chi connectivity index (χ3n) is 6.35. The monoisotopic (exact) mass is 406 g/mol. The molecule has 8 heteroatoms. The Morgan fingerprint density at radius 2 is 1.90 bits per heavy atom. The van der Waals surface area contributed by atoms with Crippen molar-refractivity contribution in [3.8, 4) is 0 Å². The molecule has 1 saturated heterocycles. The molecule has 158 valence electrons. The van der Waals surface area contributed by atoms with Crippen LogP contribution in [0.5, 0.6) is 0 Å². The van der Waals surface area contributed by atoms with Crippen LogP contribution in [0.1, 0.15) is 20.3 Å². The average Bonchev–Trinajstić information content (AvgIpc) is 2.64. The molecule has 3 atom stereocenters. The Hall–Kier alpha value is -2.19. The van der Waals surface area contributed by atoms with Gasteiger partial charge in [0.25, 0.3) is 5.56 Å². The Bertz CT molecular complexity index is 1010. The molecule has 1 N–H and O–H groups in total. The Morgan fingerprint density at radius 1 is 1.17 bits per heavy atom. The van der Waals surface area contributed by atoms with Crippen molar-refractivity contribution in [2.75, 3.05) is 43.0 Å². The molecular weight excluding hydrogens is 378 g/mol. The highest BCUT2D eigenvalue weighted by molar-refractivity contribution is 6.00. The van der Waals surface area contributed by atoms with Crippen LogP contribution in [-0.2, 0) is 7.05 Å². The number of aryl methyl sites for hydroxylation is 1. The predicted octanol–water partition coefficient (Wildman–Crippen LogP) is 1.92. The van der Waals surface area contributed by atoms with Gasteiger partial charge in [-0.05, 0) is 33.4 Å². The standard InChI is InChI=1S/C21H28F2N4O2/c1-12-9-27-15(10-24(12)3)11-26(6-5-13(2)28)20-19(27)16-7-14(22)8-17(23)18(16)25(4)21(20)29/h7-8,12-13,15,28H,5-6,9-11H2,1-4H3. The van der Waals surface area contributed by atoms with Crippen LogP contribution >= 0.6 is 0 Å². The van der Waals surface area contributed by atoms with E-state index in [1.54, 1.807) is 6.92 Å². The summed E-state index contributed by atoms with van der Waals surface area (Å²) < 4.78 is 30.2. The molecule has 3 unspecified atom stereocenters. The van der Waals surface area contributed by atoms with Gasteiger partial charge in [0.15, 0.2) is 5.82 Å². The Balaban J connectivity index is 1.99. The summed E-state index contributed by atoms with van der Waals surface area (Å²) in [7, 11) is 3.59. The fourth-order valence-electron chi connectivity index (χ4n) is 4.66. The van der Waals surface area contributed by atoms with Gasteiger partial charge in [-0.15, -0.1) is 0 Å². The van der Waals surface area contributed by atoms with Crippen molar-refractivity contribution in [3.05, 3.63) is 34.1 Å². The molecule has 0 bridgehead atoms. The fraction of sp³-hybridized carbons (Fsp3) is 0.571. The number of aliphatic hydroxyl groups is 1. The first-order chi connectivity index (χ1) is 13.7. The quantitative estimate of drug-likeness (QED) is 0.844. The van der Waals surface area contributed by atoms with E-state index in [0.29, 0.717) is 42.8 Å². The lowest BCUT2D eigenvalue weighted by molar-refractivity contribution is 0.182. The summed E-state index contributed by atoms with van der Waals surface area (Å²) in [4.78, 5) is 19.7. The third-order valence-corrected chi connectivity index (χ3v) is 6.35. The van der Waals surface area contributed by atoms with Crippen molar-refractivity contribution < 1.29 is 13.9 Å². The number of likely N-dealkylation sites (N-methyl/N-ethyl adjacent to an activating group) is 1. The topological polar surface area (TPSA) is 52.0 Å². The largest absolute Gasteiger partial charge is 0.393 e. The van der Waals surface area contributed by atoms with Crippen LogP contribution < -0.4 is 15.4 Å². The lowest BCUT2D eigenvalue weighted by atomic mass is 9.98. The molecule has 1 aromatic carbocycles. The van der Waals surface area contributed by atoms with Crippen LogP contribution in [0.15, 0.2) is 16.9 Å². The van der Waals surface area contributed by atoms with E-state index in [1.807, 2.05) is 4.90 Å². The Kier molecular flexibility index (Phi) is 5.02. The maximum atomic E-state index is 14.7. The molecular formula is C21H28F2N4O2. The predicted molar refractivity (Wildman–Crippen MR) is 111 cm³/mol. The molecule has 0 radical (unpaired) electrons. The van der Waals surface area contributed by atoms with Gasteiger partial charge in [0.05, 0.1) is 23.3 Å². The molecule has 6 nitrogen and oxygen atoms in total. The van der Waals surface area contributed by atoms with Crippen LogP contribution in [0.3, 0.4) is 0 Å². The van der Waals surface area contributed by atoms with Crippen molar-refractivity contribution in [2.24, 2.45) is 7.05 Å². The molecule has 0 saturated carbocycles. The summed E-state index contributed by atoms with van der Waals surface area (Å²) in [6, 6.07) is 2.50. The molecule has 4 rings (SSSR count). The van der Waals surface area contributed by atoms with Gasteiger partial charge < -0.3 is 19.5 Å². The van der Waals surface area contributed by atoms with Crippen molar-refractivity contribution in [1.82, 2.24) is 9.47 Å². The van der Waals surface area contributed by atoms with Crippen LogP contribution in [0.2, 0.25) is 0 Å². The number of anilines is 2. The SMILES string of the molecule is CC(O)CCN1CC2CN(C)C(C)CN2c2c1c(=O)n(C)c1c(F)cc(F)cc21. The van der Waals surface area contributed by atoms with Gasteiger partial charge in [0.2, 0.25) is 0 Å². The molecule has 2 aromatic rings. The number of halogens is 2. The van der Waals surface area contributed by atoms with E-state index >= 15 is 0 Å². The normalized spacial score (nSPS) is 23.3. The fourth-order valence-corrected chi connectivity index (χ4v) is 4.66. The molecule has 0 spiro atoms. The summed E-state index contributed by atoms with van der Waals surface area (Å²) in [5, 5.41) is 10.2. The minimum absolute atomic E-state index is 0.0966. The van der Waals surface area contributed by atoms with E-state index in [2.05, 4.69) is 23.8 Å². The van der Waals surface area contributed by atoms with Gasteiger partial charge in [-0.25, -0.2) is 8.78 Å². The number of hydrogen-bond donors (Lipinski definition) is 1. The summed E-state index contributed by atoms with van der Waals surface area (Å²) in [6.45, 7) is 6.44. The smallest absolute Gasteiger partial charge is 0.276 e. The van der Waals surface area contributed by atoms with Crippen molar-refractivity contribution in [1.29, 1.82) is 0 Å². The maximum Gasteiger partial charge on any atom is 0.276 e. The highest BCUT2D eigenvalue weighted by Gasteiger charge is 2.39. The number of aliphatic hydroxyl groups excluding tert-OH is 1. The van der Waals surface area contributed by atoms with Crippen molar-refractivity contribution >= 4 is 22.3 Å². The van der Waals surface area contributed by atoms with Crippen LogP contribution in [-0.4, -0.2) is 66.0 Å². The first-order valence-corrected chi connectivity index (χ1v) is 10.1. The van der Waals surface area contributed by atoms with Crippen molar-refractivity contribution in [3.63, 3.8) is 0 Å². The van der Waals surface area contributed by atoms with Gasteiger partial charge >= 0.3 is 0 Å². The van der Waals surface area contributed by atoms with Crippen LogP contribution in [0.4, 0.5) is 20.2 Å². The summed E-state index contributed by atoms with van der Waals surface area (Å²) in [6.07, 6.45) is 0.0154. The minimum atomic E-state index is -0.734. The minimum Gasteiger partial charge on any atom is -0.393 e. The second-order valence-corrected chi connectivity index (χ2v) is 8.52. The van der Waals surface area contributed by atoms with Crippen molar-refractivity contribution in [2.45, 2.75) is 38.5 Å². The highest BCUT2D eigenvalue weighted by Crippen LogP contribution is 2.41. The number of rotatable bonds is 3. The summed E-state index contributed by atoms with van der Waals surface area (Å²) in [5.74, 6) is -1.39. The van der Waals surface area contributed by atoms with E-state index < -0.39 is 17.7 Å². The maximum absolute atomic E-state index is 14.7. The average molecular weight is 406 g/mol. The molecule has 0 amide bonds. The highest BCUT2D eigenvalue weighted by atomic mass is 19.1. The van der Waals surface area contributed by atoms with Crippen LogP contribution in [0.25, 0.3) is 10.9 Å². The van der Waals surface area contributed by atoms with Crippen LogP contribution in [0, 0.1) is 11.6 Å². The number of benzene rings is 1. The second-order valence-electron chi connectivity index (χ2n) is 8.52. The lowest BCUT2D eigenvalue weighted by Crippen LogP contribution is -2.63. The number of pyridine rings is 1. The zero-order valence-electron chi connectivity index (χ0n) is 17.3. The molecule has 3 heterocycles. The van der Waals surface area contributed by atoms with E-state index in [-0.39, 0.29) is 23.2 Å². The van der Waals surface area contributed by atoms with Gasteiger partial charge in [-0.2, -0.15) is 0 Å². The van der Waals surface area contributed by atoms with Gasteiger partial charge in [0.1, 0.15) is 11.5 Å². The number of hydrogen-bond acceptors (Lipinski definition) is 5. The first-order valence-electron chi connectivity index (χ1n) is 10.1. The number of aromatic nitrogens is 1. The Morgan fingerprint density at radius 3 is 2.59 bits per heavy atom. The number of piperazine rings is 1. The zero-order chi connectivity index (χ0) is 21.0. The molecule has 1 aromatic heterocycles. The molecule has 2 aliphatic rings. The number of nitrogens with zero attached hydrogens (tertiary/aromatic N) is 4. The Labute approximate surface area is 168 Å². The molecule has 2 aliphatic heterocycles. The number of fused-ring (bicyclic) bond motifs is 5. The third kappa shape index (κ3) is 3.28. The summed E-state index contributed by atoms with van der Waals surface area (Å²) >= 11 is 0. The lowest BCUT2D eigenvalue weighted by Gasteiger charge is -2.51. The van der Waals surface area contributed by atoms with E-state index in [9.17, 15) is 18.7 Å². The van der Waals surface area contributed by atoms with E-state index in [4.69, 9.17) is 0 Å². The molecule has 1 fully saturated rings. The second kappa shape index (κ2) is 7.25. The summed E-state index contributed by atoms with van der Waals surface area (Å²) in [5.41, 5.74) is 0.911. The molecule has 0 aliphatic carbocycles. The first kappa shape index (κ1) is 20.1. The molecule has 29 heavy (non-hydrogen) atoms. The van der Waals surface area contributed by atoms with Gasteiger partial charge in [0, 0.05) is 50.7 Å². The van der Waals surface area contributed by atoms with E-state index in [0.717, 1.165) is 12.6 Å². The van der Waals surface area contributed by atoms with E-state index in [1.165, 1.54) is 17.7 Å². The zero-order valence-corrected chi connectivity index (χ0v) is 17.3.